The van der Waals surface area contributed by atoms with E-state index in [0.29, 0.717) is 12.0 Å². The number of alkyl halides is 1. The van der Waals surface area contributed by atoms with Crippen LogP contribution in [0.1, 0.15) is 26.2 Å². The third-order valence-corrected chi connectivity index (χ3v) is 3.21. The molecule has 0 aromatic heterocycles. The van der Waals surface area contributed by atoms with Gasteiger partial charge in [0.2, 0.25) is 5.91 Å². The number of hydrogen-bond donors (Lipinski definition) is 1. The largest absolute Gasteiger partial charge is 0.381 e. The Morgan fingerprint density at radius 3 is 2.86 bits per heavy atom. The number of halogens is 1. The molecule has 1 aliphatic carbocycles. The van der Waals surface area contributed by atoms with Crippen molar-refractivity contribution in [2.75, 3.05) is 13.0 Å². The Kier molecular flexibility index (Phi) is 4.69. The van der Waals surface area contributed by atoms with Crippen LogP contribution in [0.4, 0.5) is 0 Å². The first-order valence-corrected chi connectivity index (χ1v) is 5.60. The van der Waals surface area contributed by atoms with Crippen LogP contribution in [-0.4, -0.2) is 31.0 Å². The molecule has 0 saturated heterocycles. The third kappa shape index (κ3) is 3.14. The summed E-state index contributed by atoms with van der Waals surface area (Å²) in [5.74, 6) is 0.340. The highest BCUT2D eigenvalue weighted by Crippen LogP contribution is 2.21. The summed E-state index contributed by atoms with van der Waals surface area (Å²) in [5, 5.41) is 2.99. The molecule has 0 spiro atoms. The predicted molar refractivity (Wildman–Crippen MR) is 56.5 cm³/mol. The molecule has 1 amide bonds. The van der Waals surface area contributed by atoms with E-state index in [1.165, 1.54) is 0 Å². The maximum absolute atomic E-state index is 11.5. The number of carbonyl (C=O) groups excluding carboxylic acids is 1. The zero-order valence-corrected chi connectivity index (χ0v) is 9.51. The second-order valence-electron chi connectivity index (χ2n) is 3.93. The lowest BCUT2D eigenvalue weighted by molar-refractivity contribution is -0.124. The Morgan fingerprint density at radius 1 is 1.64 bits per heavy atom. The Hall–Kier alpha value is -0.280. The van der Waals surface area contributed by atoms with Gasteiger partial charge in [-0.15, -0.1) is 11.6 Å². The third-order valence-electron chi connectivity index (χ3n) is 2.74. The van der Waals surface area contributed by atoms with Crippen LogP contribution in [0.15, 0.2) is 0 Å². The number of amides is 1. The van der Waals surface area contributed by atoms with E-state index in [1.54, 1.807) is 7.11 Å². The molecule has 1 fully saturated rings. The second-order valence-corrected chi connectivity index (χ2v) is 4.24. The fourth-order valence-electron chi connectivity index (χ4n) is 1.70. The van der Waals surface area contributed by atoms with Crippen LogP contribution in [0.25, 0.3) is 0 Å². The van der Waals surface area contributed by atoms with E-state index in [2.05, 4.69) is 5.32 Å². The van der Waals surface area contributed by atoms with Crippen molar-refractivity contribution in [1.29, 1.82) is 0 Å². The summed E-state index contributed by atoms with van der Waals surface area (Å²) in [6, 6.07) is 0.276. The van der Waals surface area contributed by atoms with Gasteiger partial charge in [0, 0.05) is 24.9 Å². The maximum Gasteiger partial charge on any atom is 0.224 e. The number of rotatable bonds is 4. The van der Waals surface area contributed by atoms with Gasteiger partial charge in [0.15, 0.2) is 0 Å². The molecule has 1 aliphatic rings. The minimum absolute atomic E-state index is 0.0572. The highest BCUT2D eigenvalue weighted by atomic mass is 35.5. The topological polar surface area (TPSA) is 38.3 Å². The maximum atomic E-state index is 11.5. The van der Waals surface area contributed by atoms with E-state index in [9.17, 15) is 4.79 Å². The number of nitrogens with one attached hydrogen (secondary N) is 1. The molecule has 1 saturated carbocycles. The summed E-state index contributed by atoms with van der Waals surface area (Å²) in [7, 11) is 1.72. The molecule has 3 nitrogen and oxygen atoms in total. The molecular formula is C10H18ClNO2. The summed E-state index contributed by atoms with van der Waals surface area (Å²) in [5.41, 5.74) is 0. The Labute approximate surface area is 90.1 Å². The lowest BCUT2D eigenvalue weighted by Gasteiger charge is -2.15. The number of methoxy groups -OCH3 is 1. The minimum Gasteiger partial charge on any atom is -0.381 e. The van der Waals surface area contributed by atoms with Crippen molar-refractivity contribution in [2.45, 2.75) is 38.3 Å². The van der Waals surface area contributed by atoms with Gasteiger partial charge in [-0.05, 0) is 19.3 Å². The van der Waals surface area contributed by atoms with E-state index in [-0.39, 0.29) is 17.9 Å². The van der Waals surface area contributed by atoms with Gasteiger partial charge in [-0.2, -0.15) is 0 Å². The van der Waals surface area contributed by atoms with Gasteiger partial charge in [-0.1, -0.05) is 6.92 Å². The molecule has 82 valence electrons. The lowest BCUT2D eigenvalue weighted by atomic mass is 10.1. The number of ether oxygens (including phenoxy) is 1. The molecule has 14 heavy (non-hydrogen) atoms. The van der Waals surface area contributed by atoms with Crippen molar-refractivity contribution in [3.63, 3.8) is 0 Å². The van der Waals surface area contributed by atoms with Gasteiger partial charge in [-0.25, -0.2) is 0 Å². The molecular weight excluding hydrogens is 202 g/mol. The minimum atomic E-state index is -0.0988. The lowest BCUT2D eigenvalue weighted by Crippen LogP contribution is -2.37. The van der Waals surface area contributed by atoms with Gasteiger partial charge in [0.1, 0.15) is 0 Å². The first-order chi connectivity index (χ1) is 6.67. The molecule has 1 rings (SSSR count). The van der Waals surface area contributed by atoms with E-state index in [1.807, 2.05) is 6.92 Å². The first-order valence-electron chi connectivity index (χ1n) is 5.06. The van der Waals surface area contributed by atoms with Crippen LogP contribution in [0, 0.1) is 5.92 Å². The van der Waals surface area contributed by atoms with Crippen LogP contribution >= 0.6 is 11.6 Å². The Balaban J connectivity index is 2.28. The highest BCUT2D eigenvalue weighted by molar-refractivity contribution is 6.19. The first kappa shape index (κ1) is 11.8. The molecule has 0 heterocycles. The van der Waals surface area contributed by atoms with E-state index >= 15 is 0 Å². The monoisotopic (exact) mass is 219 g/mol. The average Bonchev–Trinajstić information content (AvgIpc) is 2.64. The van der Waals surface area contributed by atoms with Crippen molar-refractivity contribution in [3.05, 3.63) is 0 Å². The zero-order chi connectivity index (χ0) is 10.6. The molecule has 0 bridgehead atoms. The molecule has 3 unspecified atom stereocenters. The molecule has 1 N–H and O–H groups in total. The number of carbonyl (C=O) groups is 1. The molecule has 0 aromatic rings. The Bertz CT molecular complexity index is 199. The number of hydrogen-bond acceptors (Lipinski definition) is 2. The van der Waals surface area contributed by atoms with Gasteiger partial charge < -0.3 is 10.1 Å². The van der Waals surface area contributed by atoms with E-state index in [0.717, 1.165) is 19.3 Å². The van der Waals surface area contributed by atoms with Crippen LogP contribution in [-0.2, 0) is 9.53 Å². The van der Waals surface area contributed by atoms with Gasteiger partial charge in [0.25, 0.3) is 0 Å². The smallest absolute Gasteiger partial charge is 0.224 e. The average molecular weight is 220 g/mol. The molecule has 3 atom stereocenters. The summed E-state index contributed by atoms with van der Waals surface area (Å²) < 4.78 is 5.23. The SMILES string of the molecule is COC1CCC(NC(=O)C(C)CCl)C1. The summed E-state index contributed by atoms with van der Waals surface area (Å²) in [4.78, 5) is 11.5. The van der Waals surface area contributed by atoms with Crippen molar-refractivity contribution < 1.29 is 9.53 Å². The summed E-state index contributed by atoms with van der Waals surface area (Å²) in [6.07, 6.45) is 3.29. The quantitative estimate of drug-likeness (QED) is 0.729. The standard InChI is InChI=1S/C10H18ClNO2/c1-7(6-11)10(13)12-8-3-4-9(5-8)14-2/h7-9H,3-6H2,1-2H3,(H,12,13). The zero-order valence-electron chi connectivity index (χ0n) is 8.75. The molecule has 4 heteroatoms. The van der Waals surface area contributed by atoms with Crippen LogP contribution in [0.5, 0.6) is 0 Å². The van der Waals surface area contributed by atoms with Gasteiger partial charge in [0.05, 0.1) is 6.10 Å². The second kappa shape index (κ2) is 5.56. The van der Waals surface area contributed by atoms with Crippen molar-refractivity contribution in [3.8, 4) is 0 Å². The molecule has 0 aromatic carbocycles. The summed E-state index contributed by atoms with van der Waals surface area (Å²) >= 11 is 5.60. The molecule has 0 aliphatic heterocycles. The van der Waals surface area contributed by atoms with Crippen LogP contribution in [0.3, 0.4) is 0 Å². The van der Waals surface area contributed by atoms with Crippen molar-refractivity contribution in [2.24, 2.45) is 5.92 Å². The Morgan fingerprint density at radius 2 is 2.36 bits per heavy atom. The highest BCUT2D eigenvalue weighted by Gasteiger charge is 2.26. The van der Waals surface area contributed by atoms with E-state index < -0.39 is 0 Å². The van der Waals surface area contributed by atoms with E-state index in [4.69, 9.17) is 16.3 Å². The van der Waals surface area contributed by atoms with Gasteiger partial charge >= 0.3 is 0 Å². The fraction of sp³-hybridized carbons (Fsp3) is 0.900. The van der Waals surface area contributed by atoms with Crippen LogP contribution < -0.4 is 5.32 Å². The van der Waals surface area contributed by atoms with Crippen LogP contribution in [0.2, 0.25) is 0 Å². The molecule has 0 radical (unpaired) electrons. The van der Waals surface area contributed by atoms with Gasteiger partial charge in [-0.3, -0.25) is 4.79 Å². The van der Waals surface area contributed by atoms with Crippen molar-refractivity contribution >= 4 is 17.5 Å². The predicted octanol–water partition coefficient (Wildman–Crippen LogP) is 1.55. The summed E-state index contributed by atoms with van der Waals surface area (Å²) in [6.45, 7) is 1.84. The fourth-order valence-corrected chi connectivity index (χ4v) is 1.84. The normalized spacial score (nSPS) is 28.8. The van der Waals surface area contributed by atoms with Crippen molar-refractivity contribution in [1.82, 2.24) is 5.32 Å².